The maximum atomic E-state index is 11.9. The number of methoxy groups -OCH3 is 1. The molecule has 0 aliphatic rings. The van der Waals surface area contributed by atoms with Crippen molar-refractivity contribution in [2.75, 3.05) is 12.4 Å². The van der Waals surface area contributed by atoms with Crippen LogP contribution in [0.3, 0.4) is 0 Å². The number of halogens is 2. The van der Waals surface area contributed by atoms with Crippen molar-refractivity contribution in [1.82, 2.24) is 5.43 Å². The Bertz CT molecular complexity index is 858. The zero-order valence-corrected chi connectivity index (χ0v) is 17.4. The predicted molar refractivity (Wildman–Crippen MR) is 111 cm³/mol. The highest BCUT2D eigenvalue weighted by Gasteiger charge is 2.11. The Kier molecular flexibility index (Phi) is 7.39. The standard InChI is InChI=1S/C17H15BrIN3O4/c1-26-14-7-10(6-12(19)17(14)25)9-20-22-16(24)8-15(23)21-13-5-3-2-4-11(13)18/h2-7,9,25H,8H2,1H3,(H,21,23)(H,22,24). The molecule has 0 spiro atoms. The minimum absolute atomic E-state index is 0.0398. The van der Waals surface area contributed by atoms with Gasteiger partial charge in [-0.2, -0.15) is 5.10 Å². The third-order valence-electron chi connectivity index (χ3n) is 3.14. The summed E-state index contributed by atoms with van der Waals surface area (Å²) < 4.78 is 6.36. The summed E-state index contributed by atoms with van der Waals surface area (Å²) in [4.78, 5) is 23.7. The van der Waals surface area contributed by atoms with E-state index >= 15 is 0 Å². The topological polar surface area (TPSA) is 100 Å². The molecule has 9 heteroatoms. The Morgan fingerprint density at radius 2 is 2.04 bits per heavy atom. The van der Waals surface area contributed by atoms with E-state index in [0.717, 1.165) is 4.47 Å². The summed E-state index contributed by atoms with van der Waals surface area (Å²) in [6, 6.07) is 10.4. The summed E-state index contributed by atoms with van der Waals surface area (Å²) in [7, 11) is 1.44. The molecule has 0 bridgehead atoms. The van der Waals surface area contributed by atoms with Gasteiger partial charge in [-0.05, 0) is 68.3 Å². The van der Waals surface area contributed by atoms with E-state index in [9.17, 15) is 14.7 Å². The molecule has 0 aliphatic heterocycles. The van der Waals surface area contributed by atoms with Gasteiger partial charge in [-0.25, -0.2) is 5.43 Å². The molecule has 3 N–H and O–H groups in total. The highest BCUT2D eigenvalue weighted by molar-refractivity contribution is 14.1. The zero-order chi connectivity index (χ0) is 19.1. The second kappa shape index (κ2) is 9.53. The van der Waals surface area contributed by atoms with Crippen LogP contribution >= 0.6 is 38.5 Å². The quantitative estimate of drug-likeness (QED) is 0.230. The Labute approximate surface area is 172 Å². The van der Waals surface area contributed by atoms with Gasteiger partial charge in [-0.1, -0.05) is 12.1 Å². The van der Waals surface area contributed by atoms with Gasteiger partial charge in [0.1, 0.15) is 6.42 Å². The van der Waals surface area contributed by atoms with Gasteiger partial charge in [0.15, 0.2) is 11.5 Å². The van der Waals surface area contributed by atoms with Crippen molar-refractivity contribution in [2.45, 2.75) is 6.42 Å². The molecule has 0 aliphatic carbocycles. The number of para-hydroxylation sites is 1. The summed E-state index contributed by atoms with van der Waals surface area (Å²) in [5.41, 5.74) is 3.50. The van der Waals surface area contributed by atoms with Crippen LogP contribution in [0.2, 0.25) is 0 Å². The van der Waals surface area contributed by atoms with Crippen LogP contribution in [-0.4, -0.2) is 30.2 Å². The predicted octanol–water partition coefficient (Wildman–Crippen LogP) is 3.25. The normalized spacial score (nSPS) is 10.6. The Hall–Kier alpha value is -2.14. The lowest BCUT2D eigenvalue weighted by Crippen LogP contribution is -2.24. The maximum Gasteiger partial charge on any atom is 0.249 e. The number of phenolic OH excluding ortho intramolecular Hbond substituents is 1. The molecule has 2 amide bonds. The number of hydrazone groups is 1. The number of hydrogen-bond donors (Lipinski definition) is 3. The first-order valence-corrected chi connectivity index (χ1v) is 9.20. The first-order chi connectivity index (χ1) is 12.4. The van der Waals surface area contributed by atoms with E-state index in [1.165, 1.54) is 13.3 Å². The van der Waals surface area contributed by atoms with Crippen LogP contribution in [-0.2, 0) is 9.59 Å². The number of carbonyl (C=O) groups excluding carboxylic acids is 2. The van der Waals surface area contributed by atoms with Crippen LogP contribution in [0.15, 0.2) is 46.0 Å². The van der Waals surface area contributed by atoms with Gasteiger partial charge in [0.25, 0.3) is 0 Å². The summed E-state index contributed by atoms with van der Waals surface area (Å²) in [5.74, 6) is -0.660. The number of nitrogens with one attached hydrogen (secondary N) is 2. The number of aromatic hydroxyl groups is 1. The van der Waals surface area contributed by atoms with E-state index < -0.39 is 11.8 Å². The molecule has 0 saturated carbocycles. The number of carbonyl (C=O) groups is 2. The van der Waals surface area contributed by atoms with Crippen molar-refractivity contribution in [2.24, 2.45) is 5.10 Å². The van der Waals surface area contributed by atoms with Gasteiger partial charge in [0, 0.05) is 4.47 Å². The Morgan fingerprint density at radius 1 is 1.31 bits per heavy atom. The van der Waals surface area contributed by atoms with E-state index in [-0.39, 0.29) is 12.2 Å². The smallest absolute Gasteiger partial charge is 0.249 e. The van der Waals surface area contributed by atoms with Crippen molar-refractivity contribution < 1.29 is 19.4 Å². The lowest BCUT2D eigenvalue weighted by atomic mass is 10.2. The molecule has 0 fully saturated rings. The molecule has 0 atom stereocenters. The number of rotatable bonds is 6. The molecule has 7 nitrogen and oxygen atoms in total. The van der Waals surface area contributed by atoms with Gasteiger partial charge in [0.05, 0.1) is 22.6 Å². The first-order valence-electron chi connectivity index (χ1n) is 7.33. The fourth-order valence-electron chi connectivity index (χ4n) is 1.95. The van der Waals surface area contributed by atoms with Crippen LogP contribution in [0.4, 0.5) is 5.69 Å². The fourth-order valence-corrected chi connectivity index (χ4v) is 2.95. The second-order valence-corrected chi connectivity index (χ2v) is 7.07. The van der Waals surface area contributed by atoms with Gasteiger partial charge >= 0.3 is 0 Å². The summed E-state index contributed by atoms with van der Waals surface area (Å²) in [6.07, 6.45) is 1.03. The van der Waals surface area contributed by atoms with Crippen molar-refractivity contribution in [3.63, 3.8) is 0 Å². The third-order valence-corrected chi connectivity index (χ3v) is 4.66. The van der Waals surface area contributed by atoms with Crippen molar-refractivity contribution in [3.8, 4) is 11.5 Å². The van der Waals surface area contributed by atoms with Gasteiger partial charge in [-0.3, -0.25) is 9.59 Å². The first kappa shape index (κ1) is 20.2. The SMILES string of the molecule is COc1cc(C=NNC(=O)CC(=O)Nc2ccccc2Br)cc(I)c1O. The molecule has 26 heavy (non-hydrogen) atoms. The summed E-state index contributed by atoms with van der Waals surface area (Å²) in [6.45, 7) is 0. The lowest BCUT2D eigenvalue weighted by Gasteiger charge is -2.07. The molecule has 0 radical (unpaired) electrons. The Balaban J connectivity index is 1.90. The fraction of sp³-hybridized carbons (Fsp3) is 0.118. The van der Waals surface area contributed by atoms with E-state index in [0.29, 0.717) is 20.6 Å². The highest BCUT2D eigenvalue weighted by Crippen LogP contribution is 2.31. The molecule has 0 aromatic heterocycles. The van der Waals surface area contributed by atoms with Crippen LogP contribution in [0.25, 0.3) is 0 Å². The monoisotopic (exact) mass is 531 g/mol. The third kappa shape index (κ3) is 5.70. The molecule has 2 aromatic carbocycles. The Morgan fingerprint density at radius 3 is 2.73 bits per heavy atom. The maximum absolute atomic E-state index is 11.9. The van der Waals surface area contributed by atoms with Crippen molar-refractivity contribution in [3.05, 3.63) is 50.0 Å². The number of hydrogen-bond acceptors (Lipinski definition) is 5. The highest BCUT2D eigenvalue weighted by atomic mass is 127. The lowest BCUT2D eigenvalue weighted by molar-refractivity contribution is -0.126. The molecule has 136 valence electrons. The second-order valence-electron chi connectivity index (χ2n) is 5.05. The largest absolute Gasteiger partial charge is 0.504 e. The number of nitrogens with zero attached hydrogens (tertiary/aromatic N) is 1. The van der Waals surface area contributed by atoms with Crippen LogP contribution in [0.5, 0.6) is 11.5 Å². The molecular formula is C17H15BrIN3O4. The number of amides is 2. The van der Waals surface area contributed by atoms with E-state index in [1.54, 1.807) is 30.3 Å². The molecule has 2 aromatic rings. The average molecular weight is 532 g/mol. The molecule has 2 rings (SSSR count). The van der Waals surface area contributed by atoms with E-state index in [4.69, 9.17) is 4.74 Å². The summed E-state index contributed by atoms with van der Waals surface area (Å²) in [5, 5.41) is 16.2. The van der Waals surface area contributed by atoms with E-state index in [1.807, 2.05) is 28.7 Å². The number of ether oxygens (including phenoxy) is 1. The molecular weight excluding hydrogens is 517 g/mol. The number of benzene rings is 2. The minimum Gasteiger partial charge on any atom is -0.504 e. The summed E-state index contributed by atoms with van der Waals surface area (Å²) >= 11 is 5.27. The number of anilines is 1. The molecule has 0 saturated heterocycles. The van der Waals surface area contributed by atoms with Gasteiger partial charge < -0.3 is 15.2 Å². The van der Waals surface area contributed by atoms with Crippen LogP contribution in [0, 0.1) is 3.57 Å². The van der Waals surface area contributed by atoms with Gasteiger partial charge in [0.2, 0.25) is 11.8 Å². The van der Waals surface area contributed by atoms with Crippen LogP contribution < -0.4 is 15.5 Å². The van der Waals surface area contributed by atoms with Crippen LogP contribution in [0.1, 0.15) is 12.0 Å². The van der Waals surface area contributed by atoms with Crippen molar-refractivity contribution in [1.29, 1.82) is 0 Å². The minimum atomic E-state index is -0.550. The molecule has 0 heterocycles. The zero-order valence-electron chi connectivity index (χ0n) is 13.6. The van der Waals surface area contributed by atoms with Crippen molar-refractivity contribution >= 4 is 62.2 Å². The van der Waals surface area contributed by atoms with E-state index in [2.05, 4.69) is 31.8 Å². The molecule has 0 unspecified atom stereocenters. The number of phenols is 1. The average Bonchev–Trinajstić information content (AvgIpc) is 2.59. The van der Waals surface area contributed by atoms with Gasteiger partial charge in [-0.15, -0.1) is 0 Å².